The standard InChI is InChI=1S/C22H20N4O2.C22H16N4O2.C15H12IN3O2/c2*1-26-14-24-13-21(26)20-11-18(22(27)28-2)17-10-15(7-8-19(17)25-20)5-6-16-4-3-9-23-12-16;1-19-8-17-7-14(19)13-6-11(15(20)21-2)10-5-9(16)3-4-12(10)18-13/h3-4,7-14H,5-6H2,1-2H3;3-4,7-14H,1-2H3;3-8H,1-2H3. The Labute approximate surface area is 456 Å². The Kier molecular flexibility index (Phi) is 16.2. The van der Waals surface area contributed by atoms with Crippen molar-refractivity contribution in [1.82, 2.24) is 53.6 Å². The van der Waals surface area contributed by atoms with E-state index in [2.05, 4.69) is 81.5 Å². The zero-order chi connectivity index (χ0) is 54.0. The molecule has 0 N–H and O–H groups in total. The van der Waals surface area contributed by atoms with E-state index in [9.17, 15) is 14.4 Å². The number of pyridine rings is 5. The summed E-state index contributed by atoms with van der Waals surface area (Å²) < 4.78 is 21.5. The van der Waals surface area contributed by atoms with Gasteiger partial charge in [0.2, 0.25) is 0 Å². The van der Waals surface area contributed by atoms with Gasteiger partial charge in [0.15, 0.2) is 0 Å². The summed E-state index contributed by atoms with van der Waals surface area (Å²) in [6.07, 6.45) is 19.1. The number of rotatable bonds is 9. The Morgan fingerprint density at radius 1 is 0.468 bits per heavy atom. The van der Waals surface area contributed by atoms with Crippen LogP contribution in [0.15, 0.2) is 159 Å². The van der Waals surface area contributed by atoms with E-state index in [0.717, 1.165) is 72.0 Å². The third-order valence-electron chi connectivity index (χ3n) is 12.3. The number of fused-ring (bicyclic) bond motifs is 3. The van der Waals surface area contributed by atoms with Crippen LogP contribution in [0, 0.1) is 15.4 Å². The van der Waals surface area contributed by atoms with Gasteiger partial charge in [-0.3, -0.25) is 9.97 Å². The predicted octanol–water partition coefficient (Wildman–Crippen LogP) is 9.85. The molecule has 0 bridgehead atoms. The van der Waals surface area contributed by atoms with Crippen LogP contribution in [0.25, 0.3) is 66.9 Å². The molecule has 77 heavy (non-hydrogen) atoms. The molecule has 17 nitrogen and oxygen atoms in total. The molecule has 3 aromatic carbocycles. The Morgan fingerprint density at radius 2 is 0.909 bits per heavy atom. The molecular weight excluding hydrogens is 1090 g/mol. The minimum Gasteiger partial charge on any atom is -0.465 e. The van der Waals surface area contributed by atoms with Crippen LogP contribution in [-0.4, -0.2) is 92.8 Å². The Balaban J connectivity index is 0.000000142. The first-order chi connectivity index (χ1) is 37.4. The fourth-order valence-corrected chi connectivity index (χ4v) is 8.88. The quantitative estimate of drug-likeness (QED) is 0.0573. The number of esters is 3. The molecular formula is C59H48IN11O6. The molecule has 0 aliphatic carbocycles. The fraction of sp³-hybridized carbons (Fsp3) is 0.136. The Hall–Kier alpha value is -9.48. The molecule has 8 heterocycles. The van der Waals surface area contributed by atoms with Crippen LogP contribution in [0.5, 0.6) is 0 Å². The van der Waals surface area contributed by atoms with Gasteiger partial charge in [0, 0.05) is 76.8 Å². The number of imidazole rings is 3. The van der Waals surface area contributed by atoms with Crippen molar-refractivity contribution in [1.29, 1.82) is 0 Å². The lowest BCUT2D eigenvalue weighted by molar-refractivity contribution is 0.0594. The maximum absolute atomic E-state index is 12.4. The minimum absolute atomic E-state index is 0.368. The SMILES string of the molecule is COC(=O)c1cc(-c2cncn2C)nc2ccc(C#Cc3cccnc3)cc12.COC(=O)c1cc(-c2cncn2C)nc2ccc(CCc3cccnc3)cc12.COC(=O)c1cc(-c2cncn2C)nc2ccc(I)cc12. The van der Waals surface area contributed by atoms with E-state index in [-0.39, 0.29) is 11.9 Å². The van der Waals surface area contributed by atoms with E-state index in [1.165, 1.54) is 26.9 Å². The minimum atomic E-state index is -0.423. The van der Waals surface area contributed by atoms with Gasteiger partial charge in [0.1, 0.15) is 0 Å². The van der Waals surface area contributed by atoms with E-state index in [1.54, 1.807) is 74.4 Å². The van der Waals surface area contributed by atoms with Crippen molar-refractivity contribution in [2.75, 3.05) is 21.3 Å². The molecule has 8 aromatic heterocycles. The van der Waals surface area contributed by atoms with Crippen LogP contribution in [0.3, 0.4) is 0 Å². The first kappa shape index (κ1) is 52.4. The number of ether oxygens (including phenoxy) is 3. The summed E-state index contributed by atoms with van der Waals surface area (Å²) in [6.45, 7) is 0. The van der Waals surface area contributed by atoms with Crippen LogP contribution in [0.4, 0.5) is 0 Å². The van der Waals surface area contributed by atoms with Gasteiger partial charge in [-0.25, -0.2) is 44.3 Å². The smallest absolute Gasteiger partial charge is 0.338 e. The Bertz CT molecular complexity index is 4030. The number of nitrogens with zero attached hydrogens (tertiary/aromatic N) is 11. The summed E-state index contributed by atoms with van der Waals surface area (Å²) in [6, 6.07) is 30.4. The van der Waals surface area contributed by atoms with E-state index < -0.39 is 5.97 Å². The summed E-state index contributed by atoms with van der Waals surface area (Å²) in [5.41, 5.74) is 12.1. The van der Waals surface area contributed by atoms with E-state index >= 15 is 0 Å². The number of carbonyl (C=O) groups excluding carboxylic acids is 3. The molecule has 0 atom stereocenters. The molecule has 0 amide bonds. The first-order valence-corrected chi connectivity index (χ1v) is 24.9. The van der Waals surface area contributed by atoms with Gasteiger partial charge in [0.25, 0.3) is 0 Å². The largest absolute Gasteiger partial charge is 0.465 e. The van der Waals surface area contributed by atoms with Crippen molar-refractivity contribution in [3.8, 4) is 46.0 Å². The third kappa shape index (κ3) is 12.1. The van der Waals surface area contributed by atoms with Crippen molar-refractivity contribution in [3.05, 3.63) is 202 Å². The molecule has 0 aliphatic rings. The molecule has 11 aromatic rings. The van der Waals surface area contributed by atoms with Gasteiger partial charge in [-0.15, -0.1) is 0 Å². The van der Waals surface area contributed by atoms with Crippen LogP contribution >= 0.6 is 22.6 Å². The number of carbonyl (C=O) groups is 3. The summed E-state index contributed by atoms with van der Waals surface area (Å²) in [5, 5.41) is 2.27. The topological polar surface area (TPSA) is 197 Å². The van der Waals surface area contributed by atoms with Crippen molar-refractivity contribution in [3.63, 3.8) is 0 Å². The number of hydrogen-bond donors (Lipinski definition) is 0. The molecule has 0 spiro atoms. The average molecular weight is 1130 g/mol. The van der Waals surface area contributed by atoms with Crippen LogP contribution < -0.4 is 0 Å². The van der Waals surface area contributed by atoms with E-state index in [0.29, 0.717) is 44.7 Å². The van der Waals surface area contributed by atoms with Crippen molar-refractivity contribution < 1.29 is 28.6 Å². The maximum Gasteiger partial charge on any atom is 0.338 e. The van der Waals surface area contributed by atoms with Gasteiger partial charge < -0.3 is 27.9 Å². The number of hydrogen-bond acceptors (Lipinski definition) is 14. The second-order valence-corrected chi connectivity index (χ2v) is 18.7. The number of aryl methyl sites for hydroxylation is 5. The molecule has 0 saturated carbocycles. The normalized spacial score (nSPS) is 10.7. The second-order valence-electron chi connectivity index (χ2n) is 17.4. The second kappa shape index (κ2) is 23.8. The number of methoxy groups -OCH3 is 3. The summed E-state index contributed by atoms with van der Waals surface area (Å²) in [4.78, 5) is 71.5. The first-order valence-electron chi connectivity index (χ1n) is 23.9. The van der Waals surface area contributed by atoms with Crippen LogP contribution in [0.2, 0.25) is 0 Å². The van der Waals surface area contributed by atoms with Crippen molar-refractivity contribution >= 4 is 73.2 Å². The highest BCUT2D eigenvalue weighted by Gasteiger charge is 2.19. The molecule has 0 fully saturated rings. The molecule has 382 valence electrons. The van der Waals surface area contributed by atoms with Crippen LogP contribution in [-0.2, 0) is 48.2 Å². The summed E-state index contributed by atoms with van der Waals surface area (Å²) >= 11 is 2.21. The zero-order valence-corrected chi connectivity index (χ0v) is 44.8. The monoisotopic (exact) mass is 1130 g/mol. The molecule has 0 aliphatic heterocycles. The fourth-order valence-electron chi connectivity index (χ4n) is 8.39. The third-order valence-corrected chi connectivity index (χ3v) is 13.0. The van der Waals surface area contributed by atoms with Gasteiger partial charge >= 0.3 is 17.9 Å². The highest BCUT2D eigenvalue weighted by Crippen LogP contribution is 2.30. The average Bonchev–Trinajstić information content (AvgIpc) is 4.27. The maximum atomic E-state index is 12.4. The van der Waals surface area contributed by atoms with Crippen molar-refractivity contribution in [2.45, 2.75) is 12.8 Å². The predicted molar refractivity (Wildman–Crippen MR) is 300 cm³/mol. The number of aromatic nitrogens is 11. The van der Waals surface area contributed by atoms with Crippen molar-refractivity contribution in [2.24, 2.45) is 21.1 Å². The molecule has 18 heteroatoms. The number of halogens is 1. The molecule has 0 saturated heterocycles. The molecule has 0 radical (unpaired) electrons. The van der Waals surface area contributed by atoms with Gasteiger partial charge in [-0.1, -0.05) is 24.0 Å². The van der Waals surface area contributed by atoms with E-state index in [4.69, 9.17) is 19.2 Å². The highest BCUT2D eigenvalue weighted by atomic mass is 127. The lowest BCUT2D eigenvalue weighted by Gasteiger charge is -2.10. The highest BCUT2D eigenvalue weighted by molar-refractivity contribution is 14.1. The lowest BCUT2D eigenvalue weighted by atomic mass is 10.0. The summed E-state index contributed by atoms with van der Waals surface area (Å²) in [5.74, 6) is 5.01. The summed E-state index contributed by atoms with van der Waals surface area (Å²) in [7, 11) is 9.80. The molecule has 11 rings (SSSR count). The van der Waals surface area contributed by atoms with Gasteiger partial charge in [0.05, 0.1) is 126 Å². The zero-order valence-electron chi connectivity index (χ0n) is 42.7. The lowest BCUT2D eigenvalue weighted by Crippen LogP contribution is -2.05. The number of benzene rings is 3. The van der Waals surface area contributed by atoms with Crippen LogP contribution in [0.1, 0.15) is 53.3 Å². The van der Waals surface area contributed by atoms with Gasteiger partial charge in [-0.2, -0.15) is 0 Å². The Morgan fingerprint density at radius 3 is 1.36 bits per heavy atom. The molecule has 0 unspecified atom stereocenters. The van der Waals surface area contributed by atoms with Gasteiger partial charge in [-0.05, 0) is 131 Å². The van der Waals surface area contributed by atoms with E-state index in [1.807, 2.05) is 108 Å².